The summed E-state index contributed by atoms with van der Waals surface area (Å²) in [6.07, 6.45) is 8.88. The van der Waals surface area contributed by atoms with Crippen molar-refractivity contribution in [2.75, 3.05) is 0 Å². The predicted octanol–water partition coefficient (Wildman–Crippen LogP) is 4.40. The number of hydrogen-bond donors (Lipinski definition) is 4. The third kappa shape index (κ3) is 3.76. The molecule has 4 rings (SSSR count). The Balaban J connectivity index is 1.54. The van der Waals surface area contributed by atoms with Gasteiger partial charge < -0.3 is 20.4 Å². The first-order chi connectivity index (χ1) is 15.0. The van der Waals surface area contributed by atoms with E-state index in [0.29, 0.717) is 35.2 Å². The molecule has 182 valence electrons. The average molecular weight is 449 g/mol. The van der Waals surface area contributed by atoms with Gasteiger partial charge in [-0.3, -0.25) is 0 Å². The summed E-state index contributed by atoms with van der Waals surface area (Å²) in [7, 11) is 0. The molecule has 0 aromatic carbocycles. The molecule has 5 nitrogen and oxygen atoms in total. The molecule has 4 fully saturated rings. The Morgan fingerprint density at radius 2 is 1.78 bits per heavy atom. The molecule has 4 aliphatic carbocycles. The fraction of sp³-hybridized carbons (Fsp3) is 0.889. The molecule has 0 bridgehead atoms. The van der Waals surface area contributed by atoms with E-state index in [4.69, 9.17) is 5.11 Å². The molecule has 0 radical (unpaired) electrons. The van der Waals surface area contributed by atoms with Crippen molar-refractivity contribution in [2.24, 2.45) is 46.3 Å². The van der Waals surface area contributed by atoms with Crippen LogP contribution in [-0.2, 0) is 4.79 Å². The molecule has 0 aliphatic heterocycles. The second-order valence-electron chi connectivity index (χ2n) is 12.3. The standard InChI is InChI=1S/C27H44O5/c1-15(6-5-7-16(2)25(31)32)19-8-9-20-24-21(14-23(30)27(19,20)4)26(3)11-10-18(28)12-17(26)13-22(24)29/h7,15,17-24,28-30H,5-6,8-14H2,1-4H3,(H,31,32)/b16-7+/t15-,17+,18-,19-,20+,21+,22-,23+,24+,26+,27-/m1/s1. The summed E-state index contributed by atoms with van der Waals surface area (Å²) < 4.78 is 0. The first-order valence-electron chi connectivity index (χ1n) is 12.9. The molecular formula is C27H44O5. The van der Waals surface area contributed by atoms with Gasteiger partial charge in [-0.05, 0) is 111 Å². The fourth-order valence-electron chi connectivity index (χ4n) is 8.98. The quantitative estimate of drug-likeness (QED) is 0.468. The summed E-state index contributed by atoms with van der Waals surface area (Å²) in [6, 6.07) is 0. The Morgan fingerprint density at radius 1 is 1.06 bits per heavy atom. The van der Waals surface area contributed by atoms with Gasteiger partial charge in [0.2, 0.25) is 0 Å². The van der Waals surface area contributed by atoms with E-state index in [1.807, 2.05) is 6.08 Å². The van der Waals surface area contributed by atoms with Gasteiger partial charge in [-0.2, -0.15) is 0 Å². The number of aliphatic hydroxyl groups excluding tert-OH is 3. The monoisotopic (exact) mass is 448 g/mol. The number of carboxylic acid groups (broad SMARTS) is 1. The molecule has 0 amide bonds. The second kappa shape index (κ2) is 8.70. The van der Waals surface area contributed by atoms with Gasteiger partial charge in [0, 0.05) is 5.57 Å². The van der Waals surface area contributed by atoms with Crippen LogP contribution in [0, 0.1) is 46.3 Å². The zero-order chi connectivity index (χ0) is 23.4. The molecule has 0 saturated heterocycles. The van der Waals surface area contributed by atoms with Gasteiger partial charge in [0.15, 0.2) is 0 Å². The minimum absolute atomic E-state index is 0.105. The first-order valence-corrected chi connectivity index (χ1v) is 12.9. The molecule has 0 spiro atoms. The van der Waals surface area contributed by atoms with Crippen LogP contribution in [0.1, 0.15) is 85.5 Å². The third-order valence-corrected chi connectivity index (χ3v) is 10.9. The molecule has 5 heteroatoms. The van der Waals surface area contributed by atoms with Crippen molar-refractivity contribution >= 4 is 5.97 Å². The predicted molar refractivity (Wildman–Crippen MR) is 124 cm³/mol. The minimum atomic E-state index is -0.854. The zero-order valence-corrected chi connectivity index (χ0v) is 20.3. The lowest BCUT2D eigenvalue weighted by Crippen LogP contribution is -2.62. The Kier molecular flexibility index (Phi) is 6.59. The van der Waals surface area contributed by atoms with Crippen LogP contribution in [0.3, 0.4) is 0 Å². The largest absolute Gasteiger partial charge is 0.478 e. The maximum Gasteiger partial charge on any atom is 0.330 e. The van der Waals surface area contributed by atoms with Crippen LogP contribution in [0.4, 0.5) is 0 Å². The summed E-state index contributed by atoms with van der Waals surface area (Å²) >= 11 is 0. The molecular weight excluding hydrogens is 404 g/mol. The van der Waals surface area contributed by atoms with E-state index in [1.54, 1.807) is 6.92 Å². The van der Waals surface area contributed by atoms with Gasteiger partial charge in [-0.15, -0.1) is 0 Å². The van der Waals surface area contributed by atoms with E-state index in [-0.39, 0.29) is 35.1 Å². The number of aliphatic carboxylic acids is 1. The summed E-state index contributed by atoms with van der Waals surface area (Å²) in [5, 5.41) is 42.3. The molecule has 11 atom stereocenters. The summed E-state index contributed by atoms with van der Waals surface area (Å²) in [5.41, 5.74) is 0.317. The van der Waals surface area contributed by atoms with Crippen LogP contribution in [-0.4, -0.2) is 44.7 Å². The van der Waals surface area contributed by atoms with Gasteiger partial charge in [0.05, 0.1) is 18.3 Å². The number of rotatable bonds is 5. The van der Waals surface area contributed by atoms with E-state index in [1.165, 1.54) is 0 Å². The van der Waals surface area contributed by atoms with Crippen molar-refractivity contribution in [1.82, 2.24) is 0 Å². The number of allylic oxidation sites excluding steroid dienone is 1. The molecule has 0 unspecified atom stereocenters. The van der Waals surface area contributed by atoms with Gasteiger partial charge in [-0.1, -0.05) is 26.8 Å². The lowest BCUT2D eigenvalue weighted by molar-refractivity contribution is -0.207. The van der Waals surface area contributed by atoms with Crippen LogP contribution < -0.4 is 0 Å². The third-order valence-electron chi connectivity index (χ3n) is 10.9. The number of carboxylic acids is 1. The van der Waals surface area contributed by atoms with Gasteiger partial charge in [0.25, 0.3) is 0 Å². The SMILES string of the molecule is C/C(=C\CC[C@@H](C)[C@H]1CC[C@H]2[C@@H]3[C@H](O)C[C@@H]4C[C@H](O)CC[C@]4(C)[C@H]3C[C@H](O)[C@]12C)C(=O)O. The van der Waals surface area contributed by atoms with Crippen LogP contribution in [0.15, 0.2) is 11.6 Å². The van der Waals surface area contributed by atoms with E-state index < -0.39 is 5.97 Å². The fourth-order valence-corrected chi connectivity index (χ4v) is 8.98. The Morgan fingerprint density at radius 3 is 2.47 bits per heavy atom. The van der Waals surface area contributed by atoms with Crippen molar-refractivity contribution in [3.05, 3.63) is 11.6 Å². The highest BCUT2D eigenvalue weighted by Gasteiger charge is 2.65. The van der Waals surface area contributed by atoms with Crippen molar-refractivity contribution in [2.45, 2.75) is 104 Å². The van der Waals surface area contributed by atoms with Gasteiger partial charge in [0.1, 0.15) is 0 Å². The van der Waals surface area contributed by atoms with E-state index in [2.05, 4.69) is 20.8 Å². The van der Waals surface area contributed by atoms with Crippen LogP contribution in [0.2, 0.25) is 0 Å². The Labute approximate surface area is 193 Å². The normalized spacial score (nSPS) is 49.7. The average Bonchev–Trinajstić information content (AvgIpc) is 3.08. The van der Waals surface area contributed by atoms with Crippen molar-refractivity contribution in [1.29, 1.82) is 0 Å². The van der Waals surface area contributed by atoms with E-state index in [0.717, 1.165) is 57.8 Å². The highest BCUT2D eigenvalue weighted by Crippen LogP contribution is 2.68. The summed E-state index contributed by atoms with van der Waals surface area (Å²) in [4.78, 5) is 11.1. The maximum atomic E-state index is 11.6. The van der Waals surface area contributed by atoms with E-state index in [9.17, 15) is 20.1 Å². The zero-order valence-electron chi connectivity index (χ0n) is 20.3. The highest BCUT2D eigenvalue weighted by molar-refractivity contribution is 5.85. The number of hydrogen-bond acceptors (Lipinski definition) is 4. The van der Waals surface area contributed by atoms with Crippen molar-refractivity contribution in [3.63, 3.8) is 0 Å². The van der Waals surface area contributed by atoms with E-state index >= 15 is 0 Å². The summed E-state index contributed by atoms with van der Waals surface area (Å²) in [5.74, 6) is 1.20. The maximum absolute atomic E-state index is 11.6. The van der Waals surface area contributed by atoms with Crippen LogP contribution in [0.25, 0.3) is 0 Å². The first kappa shape index (κ1) is 24.2. The molecule has 0 aromatic heterocycles. The molecule has 4 aliphatic rings. The lowest BCUT2D eigenvalue weighted by Gasteiger charge is -2.63. The lowest BCUT2D eigenvalue weighted by atomic mass is 9.43. The van der Waals surface area contributed by atoms with Crippen LogP contribution in [0.5, 0.6) is 0 Å². The van der Waals surface area contributed by atoms with Crippen molar-refractivity contribution in [3.8, 4) is 0 Å². The Bertz CT molecular complexity index is 748. The highest BCUT2D eigenvalue weighted by atomic mass is 16.4. The minimum Gasteiger partial charge on any atom is -0.478 e. The van der Waals surface area contributed by atoms with Crippen LogP contribution >= 0.6 is 0 Å². The second-order valence-corrected chi connectivity index (χ2v) is 12.3. The molecule has 32 heavy (non-hydrogen) atoms. The number of fused-ring (bicyclic) bond motifs is 5. The topological polar surface area (TPSA) is 98.0 Å². The summed E-state index contributed by atoms with van der Waals surface area (Å²) in [6.45, 7) is 8.55. The van der Waals surface area contributed by atoms with Crippen molar-refractivity contribution < 1.29 is 25.2 Å². The molecule has 4 N–H and O–H groups in total. The van der Waals surface area contributed by atoms with Gasteiger partial charge >= 0.3 is 5.97 Å². The smallest absolute Gasteiger partial charge is 0.330 e. The molecule has 4 saturated carbocycles. The molecule has 0 aromatic rings. The number of aliphatic hydroxyl groups is 3. The number of carbonyl (C=O) groups is 1. The Hall–Kier alpha value is -0.910. The van der Waals surface area contributed by atoms with Gasteiger partial charge in [-0.25, -0.2) is 4.79 Å². The molecule has 0 heterocycles.